The second-order valence-corrected chi connectivity index (χ2v) is 8.62. The molecule has 4 heterocycles. The zero-order valence-electron chi connectivity index (χ0n) is 14.9. The van der Waals surface area contributed by atoms with Crippen LogP contribution in [0.25, 0.3) is 10.3 Å². The highest BCUT2D eigenvalue weighted by atomic mass is 32.2. The Morgan fingerprint density at radius 3 is 2.82 bits per heavy atom. The van der Waals surface area contributed by atoms with E-state index in [0.29, 0.717) is 24.4 Å². The lowest BCUT2D eigenvalue weighted by atomic mass is 10.1. The fraction of sp³-hybridized carbons (Fsp3) is 0.263. The molecule has 0 saturated carbocycles. The fourth-order valence-corrected chi connectivity index (χ4v) is 5.14. The number of carbonyl (C=O) groups excluding carboxylic acids is 2. The molecule has 2 aromatic heterocycles. The number of carbonyl (C=O) groups is 2. The third-order valence-electron chi connectivity index (χ3n) is 4.85. The van der Waals surface area contributed by atoms with Gasteiger partial charge in [0.05, 0.1) is 11.4 Å². The number of thioether (sulfide) groups is 1. The van der Waals surface area contributed by atoms with Gasteiger partial charge in [-0.3, -0.25) is 9.59 Å². The molecule has 0 atom stereocenters. The molecule has 1 saturated heterocycles. The number of anilines is 2. The third-order valence-corrected chi connectivity index (χ3v) is 6.97. The van der Waals surface area contributed by atoms with E-state index in [1.807, 2.05) is 29.2 Å². The SMILES string of the molecule is O=C1CSc2ccc(C(=O)N3CCN(c4nc5cccnc5s4)CC3)cc2N1. The van der Waals surface area contributed by atoms with Gasteiger partial charge in [-0.1, -0.05) is 11.3 Å². The highest BCUT2D eigenvalue weighted by Gasteiger charge is 2.25. The average molecular weight is 412 g/mol. The Morgan fingerprint density at radius 1 is 1.14 bits per heavy atom. The molecule has 0 radical (unpaired) electrons. The fourth-order valence-electron chi connectivity index (χ4n) is 3.39. The average Bonchev–Trinajstić information content (AvgIpc) is 3.17. The molecule has 1 aromatic carbocycles. The molecule has 0 unspecified atom stereocenters. The van der Waals surface area contributed by atoms with Crippen molar-refractivity contribution >= 4 is 56.1 Å². The number of thiazole rings is 1. The van der Waals surface area contributed by atoms with Crippen LogP contribution in [0.4, 0.5) is 10.8 Å². The first-order valence-electron chi connectivity index (χ1n) is 9.00. The lowest BCUT2D eigenvalue weighted by Crippen LogP contribution is -2.48. The second-order valence-electron chi connectivity index (χ2n) is 6.65. The number of amides is 2. The van der Waals surface area contributed by atoms with Crippen molar-refractivity contribution in [2.75, 3.05) is 42.1 Å². The van der Waals surface area contributed by atoms with Crippen LogP contribution in [-0.4, -0.2) is 58.6 Å². The third kappa shape index (κ3) is 3.20. The summed E-state index contributed by atoms with van der Waals surface area (Å²) in [5.74, 6) is 0.392. The lowest BCUT2D eigenvalue weighted by Gasteiger charge is -2.34. The Balaban J connectivity index is 1.28. The summed E-state index contributed by atoms with van der Waals surface area (Å²) in [5.41, 5.74) is 2.25. The van der Waals surface area contributed by atoms with Crippen LogP contribution in [-0.2, 0) is 4.79 Å². The highest BCUT2D eigenvalue weighted by molar-refractivity contribution is 8.00. The van der Waals surface area contributed by atoms with E-state index in [1.54, 1.807) is 23.6 Å². The molecule has 2 amide bonds. The molecule has 1 N–H and O–H groups in total. The molecule has 28 heavy (non-hydrogen) atoms. The van der Waals surface area contributed by atoms with Crippen molar-refractivity contribution in [3.05, 3.63) is 42.1 Å². The topological polar surface area (TPSA) is 78.4 Å². The Kier molecular flexibility index (Phi) is 4.40. The van der Waals surface area contributed by atoms with Crippen molar-refractivity contribution in [1.29, 1.82) is 0 Å². The van der Waals surface area contributed by atoms with Gasteiger partial charge < -0.3 is 15.1 Å². The first-order valence-corrected chi connectivity index (χ1v) is 10.8. The normalized spacial score (nSPS) is 16.8. The van der Waals surface area contributed by atoms with Gasteiger partial charge in [0.15, 0.2) is 5.13 Å². The van der Waals surface area contributed by atoms with Crippen LogP contribution in [0.5, 0.6) is 0 Å². The van der Waals surface area contributed by atoms with Crippen molar-refractivity contribution in [3.8, 4) is 0 Å². The van der Waals surface area contributed by atoms with Gasteiger partial charge in [-0.25, -0.2) is 9.97 Å². The summed E-state index contributed by atoms with van der Waals surface area (Å²) < 4.78 is 0. The van der Waals surface area contributed by atoms with Crippen molar-refractivity contribution in [1.82, 2.24) is 14.9 Å². The van der Waals surface area contributed by atoms with Crippen LogP contribution in [0.15, 0.2) is 41.4 Å². The molecule has 142 valence electrons. The van der Waals surface area contributed by atoms with E-state index in [2.05, 4.69) is 20.2 Å². The monoisotopic (exact) mass is 411 g/mol. The van der Waals surface area contributed by atoms with E-state index in [4.69, 9.17) is 0 Å². The summed E-state index contributed by atoms with van der Waals surface area (Å²) in [6, 6.07) is 9.40. The van der Waals surface area contributed by atoms with Crippen LogP contribution in [0.2, 0.25) is 0 Å². The van der Waals surface area contributed by atoms with Crippen molar-refractivity contribution in [2.24, 2.45) is 0 Å². The van der Waals surface area contributed by atoms with E-state index >= 15 is 0 Å². The van der Waals surface area contributed by atoms with E-state index in [9.17, 15) is 9.59 Å². The van der Waals surface area contributed by atoms with Crippen molar-refractivity contribution < 1.29 is 9.59 Å². The number of piperazine rings is 1. The van der Waals surface area contributed by atoms with Crippen LogP contribution in [0, 0.1) is 0 Å². The van der Waals surface area contributed by atoms with Gasteiger partial charge in [-0.15, -0.1) is 11.8 Å². The van der Waals surface area contributed by atoms with Gasteiger partial charge >= 0.3 is 0 Å². The molecule has 5 rings (SSSR count). The summed E-state index contributed by atoms with van der Waals surface area (Å²) in [6.07, 6.45) is 1.78. The maximum Gasteiger partial charge on any atom is 0.254 e. The lowest BCUT2D eigenvalue weighted by molar-refractivity contribution is -0.113. The predicted molar refractivity (Wildman–Crippen MR) is 111 cm³/mol. The summed E-state index contributed by atoms with van der Waals surface area (Å²) in [6.45, 7) is 2.76. The number of hydrogen-bond donors (Lipinski definition) is 1. The summed E-state index contributed by atoms with van der Waals surface area (Å²) in [4.78, 5) is 39.5. The first kappa shape index (κ1) is 17.4. The Bertz CT molecular complexity index is 1040. The van der Waals surface area contributed by atoms with E-state index in [1.165, 1.54) is 11.8 Å². The number of hydrogen-bond acceptors (Lipinski definition) is 7. The Morgan fingerprint density at radius 2 is 2.00 bits per heavy atom. The van der Waals surface area contributed by atoms with Gasteiger partial charge in [0.1, 0.15) is 10.3 Å². The molecular weight excluding hydrogens is 394 g/mol. The minimum absolute atomic E-state index is 0.00163. The summed E-state index contributed by atoms with van der Waals surface area (Å²) in [5, 5.41) is 3.80. The zero-order chi connectivity index (χ0) is 19.1. The molecular formula is C19H17N5O2S2. The molecule has 9 heteroatoms. The Hall–Kier alpha value is -2.65. The summed E-state index contributed by atoms with van der Waals surface area (Å²) >= 11 is 3.08. The van der Waals surface area contributed by atoms with Gasteiger partial charge in [-0.2, -0.15) is 0 Å². The standard InChI is InChI=1S/C19H17N5O2S2/c25-16-11-27-15-4-3-12(10-14(15)21-16)18(26)23-6-8-24(9-7-23)19-22-13-2-1-5-20-17(13)28-19/h1-5,10H,6-9,11H2,(H,21,25). The molecule has 0 bridgehead atoms. The van der Waals surface area contributed by atoms with Gasteiger partial charge in [0.25, 0.3) is 5.91 Å². The number of rotatable bonds is 2. The van der Waals surface area contributed by atoms with Gasteiger partial charge in [-0.05, 0) is 30.3 Å². The van der Waals surface area contributed by atoms with E-state index in [-0.39, 0.29) is 11.8 Å². The largest absolute Gasteiger partial charge is 0.344 e. The Labute approximate surface area is 169 Å². The maximum atomic E-state index is 12.9. The minimum atomic E-state index is -0.0268. The number of pyridine rings is 1. The zero-order valence-corrected chi connectivity index (χ0v) is 16.6. The van der Waals surface area contributed by atoms with Crippen molar-refractivity contribution in [2.45, 2.75) is 4.90 Å². The molecule has 2 aliphatic heterocycles. The maximum absolute atomic E-state index is 12.9. The van der Waals surface area contributed by atoms with Crippen LogP contribution >= 0.6 is 23.1 Å². The van der Waals surface area contributed by atoms with Crippen molar-refractivity contribution in [3.63, 3.8) is 0 Å². The van der Waals surface area contributed by atoms with Crippen LogP contribution in [0.3, 0.4) is 0 Å². The van der Waals surface area contributed by atoms with Crippen LogP contribution < -0.4 is 10.2 Å². The van der Waals surface area contributed by atoms with E-state index < -0.39 is 0 Å². The predicted octanol–water partition coefficient (Wildman–Crippen LogP) is 2.70. The number of aromatic nitrogens is 2. The molecule has 1 fully saturated rings. The molecule has 0 spiro atoms. The van der Waals surface area contributed by atoms with Crippen LogP contribution in [0.1, 0.15) is 10.4 Å². The number of benzene rings is 1. The number of fused-ring (bicyclic) bond motifs is 2. The molecule has 0 aliphatic carbocycles. The number of nitrogens with one attached hydrogen (secondary N) is 1. The molecule has 3 aromatic rings. The first-order chi connectivity index (χ1) is 13.7. The summed E-state index contributed by atoms with van der Waals surface area (Å²) in [7, 11) is 0. The number of nitrogens with zero attached hydrogens (tertiary/aromatic N) is 4. The highest BCUT2D eigenvalue weighted by Crippen LogP contribution is 2.32. The minimum Gasteiger partial charge on any atom is -0.344 e. The van der Waals surface area contributed by atoms with Gasteiger partial charge in [0, 0.05) is 42.8 Å². The van der Waals surface area contributed by atoms with Gasteiger partial charge in [0.2, 0.25) is 5.91 Å². The second kappa shape index (κ2) is 7.06. The molecule has 7 nitrogen and oxygen atoms in total. The quantitative estimate of drug-likeness (QED) is 0.699. The molecule has 2 aliphatic rings. The van der Waals surface area contributed by atoms with E-state index in [0.717, 1.165) is 39.2 Å². The smallest absolute Gasteiger partial charge is 0.254 e.